The molecule has 0 atom stereocenters. The minimum atomic E-state index is -4.25. The first-order valence-electron chi connectivity index (χ1n) is 5.35. The molecule has 0 radical (unpaired) electrons. The van der Waals surface area contributed by atoms with Gasteiger partial charge in [-0.2, -0.15) is 0 Å². The van der Waals surface area contributed by atoms with Crippen LogP contribution >= 0.6 is 38.2 Å². The summed E-state index contributed by atoms with van der Waals surface area (Å²) < 4.78 is 62.2. The molecule has 0 N–H and O–H groups in total. The second kappa shape index (κ2) is 6.31. The van der Waals surface area contributed by atoms with Crippen LogP contribution in [0.4, 0.5) is 13.2 Å². The fourth-order valence-corrected chi connectivity index (χ4v) is 3.72. The van der Waals surface area contributed by atoms with Crippen molar-refractivity contribution in [2.75, 3.05) is 0 Å². The monoisotopic (exact) mass is 434 g/mol. The van der Waals surface area contributed by atoms with Gasteiger partial charge in [0.05, 0.1) is 15.2 Å². The number of rotatable bonds is 3. The number of benzene rings is 1. The second-order valence-electron chi connectivity index (χ2n) is 3.92. The molecule has 0 bridgehead atoms. The second-order valence-corrected chi connectivity index (χ2v) is 7.66. The first kappa shape index (κ1) is 17.5. The molecule has 0 amide bonds. The van der Waals surface area contributed by atoms with E-state index < -0.39 is 36.9 Å². The van der Waals surface area contributed by atoms with Crippen molar-refractivity contribution in [2.24, 2.45) is 0 Å². The molecule has 2 rings (SSSR count). The lowest BCUT2D eigenvalue weighted by atomic mass is 10.1. The summed E-state index contributed by atoms with van der Waals surface area (Å²) in [7, 11) is 0.945. The summed E-state index contributed by atoms with van der Waals surface area (Å²) in [4.78, 5) is 6.52. The van der Waals surface area contributed by atoms with Crippen LogP contribution in [-0.2, 0) is 9.05 Å². The zero-order chi connectivity index (χ0) is 16.7. The molecule has 11 heteroatoms. The summed E-state index contributed by atoms with van der Waals surface area (Å²) in [6, 6.07) is 1.53. The van der Waals surface area contributed by atoms with Crippen molar-refractivity contribution in [1.29, 1.82) is 0 Å². The molecule has 2 aromatic rings. The number of hydrogen-bond acceptors (Lipinski definition) is 4. The van der Waals surface area contributed by atoms with Gasteiger partial charge < -0.3 is 0 Å². The van der Waals surface area contributed by atoms with Gasteiger partial charge in [0.2, 0.25) is 0 Å². The summed E-state index contributed by atoms with van der Waals surface area (Å²) >= 11 is 8.49. The molecule has 1 aromatic heterocycles. The third kappa shape index (κ3) is 3.37. The average molecular weight is 436 g/mol. The summed E-state index contributed by atoms with van der Waals surface area (Å²) in [6.07, 6.45) is -2.12. The molecule has 22 heavy (non-hydrogen) atoms. The Balaban J connectivity index is 2.76. The SMILES string of the molecule is O=S(=O)(Cl)c1cc(-c2ncnc(C(F)F)c2Br)c(F)cc1Cl. The summed E-state index contributed by atoms with van der Waals surface area (Å²) in [5.74, 6) is -0.950. The summed E-state index contributed by atoms with van der Waals surface area (Å²) in [5.41, 5.74) is -1.27. The maximum atomic E-state index is 14.0. The van der Waals surface area contributed by atoms with E-state index in [1.54, 1.807) is 0 Å². The van der Waals surface area contributed by atoms with Crippen molar-refractivity contribution < 1.29 is 21.6 Å². The molecule has 0 fully saturated rings. The highest BCUT2D eigenvalue weighted by molar-refractivity contribution is 9.10. The van der Waals surface area contributed by atoms with Crippen molar-refractivity contribution in [2.45, 2.75) is 11.3 Å². The Morgan fingerprint density at radius 1 is 1.23 bits per heavy atom. The Kier molecular flexibility index (Phi) is 5.00. The van der Waals surface area contributed by atoms with Gasteiger partial charge in [0, 0.05) is 16.2 Å². The van der Waals surface area contributed by atoms with Gasteiger partial charge >= 0.3 is 0 Å². The van der Waals surface area contributed by atoms with Crippen LogP contribution in [0.3, 0.4) is 0 Å². The van der Waals surface area contributed by atoms with E-state index in [1.165, 1.54) is 0 Å². The fraction of sp³-hybridized carbons (Fsp3) is 0.0909. The number of nitrogens with zero attached hydrogens (tertiary/aromatic N) is 2. The number of aromatic nitrogens is 2. The summed E-state index contributed by atoms with van der Waals surface area (Å²) in [5, 5.41) is -0.435. The highest BCUT2D eigenvalue weighted by Crippen LogP contribution is 2.37. The Morgan fingerprint density at radius 3 is 2.41 bits per heavy atom. The van der Waals surface area contributed by atoms with E-state index in [1.807, 2.05) is 0 Å². The van der Waals surface area contributed by atoms with Crippen molar-refractivity contribution in [3.05, 3.63) is 39.5 Å². The molecule has 0 aliphatic carbocycles. The van der Waals surface area contributed by atoms with Crippen LogP contribution in [0.2, 0.25) is 5.02 Å². The number of hydrogen-bond donors (Lipinski definition) is 0. The minimum Gasteiger partial charge on any atom is -0.235 e. The molecule has 0 spiro atoms. The third-order valence-electron chi connectivity index (χ3n) is 2.56. The quantitative estimate of drug-likeness (QED) is 0.663. The van der Waals surface area contributed by atoms with E-state index in [-0.39, 0.29) is 15.7 Å². The van der Waals surface area contributed by atoms with Gasteiger partial charge in [-0.25, -0.2) is 31.6 Å². The topological polar surface area (TPSA) is 59.9 Å². The lowest BCUT2D eigenvalue weighted by Gasteiger charge is -2.10. The molecule has 0 saturated carbocycles. The van der Waals surface area contributed by atoms with Gasteiger partial charge in [0.15, 0.2) is 0 Å². The Hall–Kier alpha value is -0.900. The van der Waals surface area contributed by atoms with Gasteiger partial charge in [0.1, 0.15) is 22.7 Å². The molecule has 118 valence electrons. The molecule has 0 unspecified atom stereocenters. The van der Waals surface area contributed by atoms with Gasteiger partial charge in [0.25, 0.3) is 15.5 Å². The molecule has 0 saturated heterocycles. The standard InChI is InChI=1S/C11H4BrCl2F3N2O2S/c12-8-9(18-3-19-10(8)11(16)17)4-1-7(22(14,20)21)5(13)2-6(4)15/h1-3,11H. The van der Waals surface area contributed by atoms with E-state index in [4.69, 9.17) is 22.3 Å². The van der Waals surface area contributed by atoms with Gasteiger partial charge in [-0.15, -0.1) is 0 Å². The molecular formula is C11H4BrCl2F3N2O2S. The Labute approximate surface area is 140 Å². The average Bonchev–Trinajstić information content (AvgIpc) is 2.38. The molecule has 0 aliphatic heterocycles. The maximum absolute atomic E-state index is 14.0. The molecule has 1 heterocycles. The van der Waals surface area contributed by atoms with E-state index in [0.717, 1.165) is 12.4 Å². The van der Waals surface area contributed by atoms with Crippen molar-refractivity contribution >= 4 is 47.3 Å². The van der Waals surface area contributed by atoms with Crippen molar-refractivity contribution in [3.63, 3.8) is 0 Å². The van der Waals surface area contributed by atoms with E-state index in [2.05, 4.69) is 25.9 Å². The first-order chi connectivity index (χ1) is 10.1. The smallest absolute Gasteiger partial charge is 0.235 e. The third-order valence-corrected chi connectivity index (χ3v) is 5.13. The first-order valence-corrected chi connectivity index (χ1v) is 8.83. The van der Waals surface area contributed by atoms with E-state index >= 15 is 0 Å². The Bertz CT molecular complexity index is 849. The number of alkyl halides is 2. The van der Waals surface area contributed by atoms with E-state index in [0.29, 0.717) is 6.07 Å². The van der Waals surface area contributed by atoms with Crippen molar-refractivity contribution in [1.82, 2.24) is 9.97 Å². The zero-order valence-corrected chi connectivity index (χ0v) is 14.1. The van der Waals surface area contributed by atoms with Crippen LogP contribution in [0.1, 0.15) is 12.1 Å². The minimum absolute atomic E-state index is 0.249. The summed E-state index contributed by atoms with van der Waals surface area (Å²) in [6.45, 7) is 0. The highest BCUT2D eigenvalue weighted by atomic mass is 79.9. The fourth-order valence-electron chi connectivity index (χ4n) is 1.62. The molecular weight excluding hydrogens is 432 g/mol. The highest BCUT2D eigenvalue weighted by Gasteiger charge is 2.23. The maximum Gasteiger partial charge on any atom is 0.281 e. The van der Waals surface area contributed by atoms with Gasteiger partial charge in [-0.05, 0) is 28.1 Å². The van der Waals surface area contributed by atoms with Crippen LogP contribution in [-0.4, -0.2) is 18.4 Å². The van der Waals surface area contributed by atoms with Crippen LogP contribution in [0, 0.1) is 5.82 Å². The predicted octanol–water partition coefficient (Wildman–Crippen LogP) is 4.56. The molecule has 4 nitrogen and oxygen atoms in total. The number of halogens is 6. The van der Waals surface area contributed by atoms with Crippen molar-refractivity contribution in [3.8, 4) is 11.3 Å². The largest absolute Gasteiger partial charge is 0.281 e. The molecule has 0 aliphatic rings. The normalized spacial score (nSPS) is 12.0. The Morgan fingerprint density at radius 2 is 1.86 bits per heavy atom. The van der Waals surface area contributed by atoms with Crippen LogP contribution in [0.5, 0.6) is 0 Å². The van der Waals surface area contributed by atoms with Crippen LogP contribution in [0.15, 0.2) is 27.8 Å². The lowest BCUT2D eigenvalue weighted by molar-refractivity contribution is 0.145. The lowest BCUT2D eigenvalue weighted by Crippen LogP contribution is -2.00. The van der Waals surface area contributed by atoms with E-state index in [9.17, 15) is 21.6 Å². The van der Waals surface area contributed by atoms with Gasteiger partial charge in [-0.1, -0.05) is 11.6 Å². The van der Waals surface area contributed by atoms with Crippen LogP contribution < -0.4 is 0 Å². The van der Waals surface area contributed by atoms with Gasteiger partial charge in [-0.3, -0.25) is 0 Å². The molecule has 1 aromatic carbocycles. The van der Waals surface area contributed by atoms with Crippen LogP contribution in [0.25, 0.3) is 11.3 Å². The predicted molar refractivity (Wildman–Crippen MR) is 78.1 cm³/mol. The zero-order valence-electron chi connectivity index (χ0n) is 10.2.